The van der Waals surface area contributed by atoms with Crippen LogP contribution in [0.5, 0.6) is 0 Å². The minimum atomic E-state index is -1.11. The number of ether oxygens (including phenoxy) is 1. The minimum Gasteiger partial charge on any atom is -0.481 e. The number of carbonyl (C=O) groups is 3. The summed E-state index contributed by atoms with van der Waals surface area (Å²) in [5.41, 5.74) is 4.00. The third-order valence-corrected chi connectivity index (χ3v) is 5.80. The summed E-state index contributed by atoms with van der Waals surface area (Å²) in [6.07, 6.45) is 3.44. The van der Waals surface area contributed by atoms with Crippen LogP contribution in [0.2, 0.25) is 0 Å². The van der Waals surface area contributed by atoms with E-state index in [-0.39, 0.29) is 18.6 Å². The molecule has 8 nitrogen and oxygen atoms in total. The van der Waals surface area contributed by atoms with Gasteiger partial charge in [-0.05, 0) is 40.7 Å². The molecule has 2 atom stereocenters. The average molecular weight is 492 g/mol. The van der Waals surface area contributed by atoms with E-state index in [1.807, 2.05) is 74.5 Å². The normalized spacial score (nSPS) is 12.7. The van der Waals surface area contributed by atoms with Gasteiger partial charge in [-0.15, -0.1) is 0 Å². The lowest BCUT2D eigenvalue weighted by Crippen LogP contribution is -2.49. The Labute approximate surface area is 211 Å². The van der Waals surface area contributed by atoms with E-state index in [0.29, 0.717) is 6.42 Å². The summed E-state index contributed by atoms with van der Waals surface area (Å²) >= 11 is 0. The molecule has 1 aromatic heterocycles. The van der Waals surface area contributed by atoms with E-state index in [9.17, 15) is 19.5 Å². The first-order valence-electron chi connectivity index (χ1n) is 11.9. The predicted molar refractivity (Wildman–Crippen MR) is 138 cm³/mol. The van der Waals surface area contributed by atoms with E-state index in [0.717, 1.165) is 22.3 Å². The second-order valence-corrected chi connectivity index (χ2v) is 9.07. The number of nitrogens with one attached hydrogen (secondary N) is 2. The Bertz CT molecular complexity index is 1160. The van der Waals surface area contributed by atoms with Crippen LogP contribution in [0.15, 0.2) is 73.1 Å². The Balaban J connectivity index is 1.80. The van der Waals surface area contributed by atoms with Gasteiger partial charge in [-0.25, -0.2) is 0 Å². The molecule has 0 aliphatic heterocycles. The SMILES string of the molecule is COCNC(=O)[C@H](CC(C)C)NC(=O)[C@@H](CC(=O)O)n1ccc(-c2ccc(-c3ccccc3)cc2)c1. The molecule has 0 saturated carbocycles. The molecule has 3 aromatic rings. The average Bonchev–Trinajstić information content (AvgIpc) is 3.35. The summed E-state index contributed by atoms with van der Waals surface area (Å²) in [4.78, 5) is 37.3. The lowest BCUT2D eigenvalue weighted by molar-refractivity contribution is -0.141. The van der Waals surface area contributed by atoms with Crippen LogP contribution in [0, 0.1) is 5.92 Å². The zero-order valence-corrected chi connectivity index (χ0v) is 20.8. The van der Waals surface area contributed by atoms with Gasteiger partial charge in [0, 0.05) is 19.5 Å². The van der Waals surface area contributed by atoms with E-state index in [1.54, 1.807) is 17.0 Å². The Kier molecular flexibility index (Phi) is 9.41. The molecule has 8 heteroatoms. The number of methoxy groups -OCH3 is 1. The van der Waals surface area contributed by atoms with Crippen LogP contribution in [-0.4, -0.2) is 47.3 Å². The summed E-state index contributed by atoms with van der Waals surface area (Å²) in [5.74, 6) is -1.88. The summed E-state index contributed by atoms with van der Waals surface area (Å²) in [6.45, 7) is 3.91. The van der Waals surface area contributed by atoms with Crippen LogP contribution < -0.4 is 10.6 Å². The van der Waals surface area contributed by atoms with Gasteiger partial charge >= 0.3 is 5.97 Å². The smallest absolute Gasteiger partial charge is 0.306 e. The standard InChI is InChI=1S/C28H33N3O5/c1-19(2)15-24(27(34)29-18-36-3)30-28(35)25(16-26(32)33)31-14-13-23(17-31)22-11-9-21(10-12-22)20-7-5-4-6-8-20/h4-14,17,19,24-25H,15-16,18H2,1-3H3,(H,29,34)(H,30,35)(H,32,33)/t24-,25+/m0/s1. The molecule has 2 aromatic carbocycles. The van der Waals surface area contributed by atoms with Gasteiger partial charge in [0.2, 0.25) is 11.8 Å². The molecule has 0 bridgehead atoms. The molecule has 3 rings (SSSR count). The maximum Gasteiger partial charge on any atom is 0.306 e. The molecule has 36 heavy (non-hydrogen) atoms. The number of carbonyl (C=O) groups excluding carboxylic acids is 2. The maximum atomic E-state index is 13.2. The number of aromatic nitrogens is 1. The minimum absolute atomic E-state index is 0.0197. The summed E-state index contributed by atoms with van der Waals surface area (Å²) in [6, 6.07) is 18.1. The molecular weight excluding hydrogens is 458 g/mol. The zero-order chi connectivity index (χ0) is 26.1. The van der Waals surface area contributed by atoms with Crippen molar-refractivity contribution in [2.75, 3.05) is 13.8 Å². The second kappa shape index (κ2) is 12.7. The van der Waals surface area contributed by atoms with Crippen molar-refractivity contribution in [2.24, 2.45) is 5.92 Å². The van der Waals surface area contributed by atoms with E-state index < -0.39 is 30.4 Å². The van der Waals surface area contributed by atoms with Gasteiger partial charge in [0.05, 0.1) is 6.42 Å². The topological polar surface area (TPSA) is 110 Å². The van der Waals surface area contributed by atoms with Crippen LogP contribution in [0.25, 0.3) is 22.3 Å². The first-order valence-corrected chi connectivity index (χ1v) is 11.9. The number of carboxylic acids is 1. The molecule has 0 fully saturated rings. The number of carboxylic acid groups (broad SMARTS) is 1. The third kappa shape index (κ3) is 7.29. The monoisotopic (exact) mass is 491 g/mol. The van der Waals surface area contributed by atoms with Gasteiger partial charge in [-0.1, -0.05) is 68.4 Å². The summed E-state index contributed by atoms with van der Waals surface area (Å²) in [5, 5.41) is 14.8. The maximum absolute atomic E-state index is 13.2. The van der Waals surface area contributed by atoms with E-state index in [4.69, 9.17) is 4.74 Å². The van der Waals surface area contributed by atoms with Crippen molar-refractivity contribution in [1.82, 2.24) is 15.2 Å². The summed E-state index contributed by atoms with van der Waals surface area (Å²) < 4.78 is 6.48. The zero-order valence-electron chi connectivity index (χ0n) is 20.8. The number of hydrogen-bond donors (Lipinski definition) is 3. The lowest BCUT2D eigenvalue weighted by Gasteiger charge is -2.23. The van der Waals surface area contributed by atoms with Crippen molar-refractivity contribution < 1.29 is 24.2 Å². The molecule has 190 valence electrons. The fourth-order valence-electron chi connectivity index (χ4n) is 4.00. The van der Waals surface area contributed by atoms with Crippen molar-refractivity contribution in [3.05, 3.63) is 73.1 Å². The highest BCUT2D eigenvalue weighted by Gasteiger charge is 2.29. The van der Waals surface area contributed by atoms with Gasteiger partial charge in [-0.3, -0.25) is 14.4 Å². The molecule has 1 heterocycles. The van der Waals surface area contributed by atoms with Crippen LogP contribution in [0.4, 0.5) is 0 Å². The molecule has 0 saturated heterocycles. The van der Waals surface area contributed by atoms with Crippen molar-refractivity contribution in [3.8, 4) is 22.3 Å². The largest absolute Gasteiger partial charge is 0.481 e. The highest BCUT2D eigenvalue weighted by Crippen LogP contribution is 2.27. The van der Waals surface area contributed by atoms with Crippen molar-refractivity contribution >= 4 is 17.8 Å². The number of hydrogen-bond acceptors (Lipinski definition) is 4. The fraction of sp³-hybridized carbons (Fsp3) is 0.321. The van der Waals surface area contributed by atoms with Gasteiger partial charge in [0.25, 0.3) is 0 Å². The van der Waals surface area contributed by atoms with Crippen LogP contribution in [0.3, 0.4) is 0 Å². The van der Waals surface area contributed by atoms with Gasteiger partial charge in [0.1, 0.15) is 18.8 Å². The molecule has 2 amide bonds. The van der Waals surface area contributed by atoms with Gasteiger partial charge < -0.3 is 25.0 Å². The Morgan fingerprint density at radius 3 is 2.08 bits per heavy atom. The Morgan fingerprint density at radius 2 is 1.50 bits per heavy atom. The van der Waals surface area contributed by atoms with Crippen LogP contribution >= 0.6 is 0 Å². The predicted octanol–water partition coefficient (Wildman–Crippen LogP) is 4.09. The lowest BCUT2D eigenvalue weighted by atomic mass is 10.0. The van der Waals surface area contributed by atoms with Gasteiger partial charge in [0.15, 0.2) is 0 Å². The molecule has 0 radical (unpaired) electrons. The van der Waals surface area contributed by atoms with E-state index in [2.05, 4.69) is 10.6 Å². The number of aliphatic carboxylic acids is 1. The van der Waals surface area contributed by atoms with Crippen molar-refractivity contribution in [3.63, 3.8) is 0 Å². The highest BCUT2D eigenvalue weighted by atomic mass is 16.5. The van der Waals surface area contributed by atoms with Gasteiger partial charge in [-0.2, -0.15) is 0 Å². The summed E-state index contributed by atoms with van der Waals surface area (Å²) in [7, 11) is 1.46. The Hall–Kier alpha value is -3.91. The first kappa shape index (κ1) is 26.7. The quantitative estimate of drug-likeness (QED) is 0.331. The molecular formula is C28H33N3O5. The number of rotatable bonds is 12. The van der Waals surface area contributed by atoms with Crippen molar-refractivity contribution in [1.29, 1.82) is 0 Å². The molecule has 3 N–H and O–H groups in total. The third-order valence-electron chi connectivity index (χ3n) is 5.80. The number of amides is 2. The highest BCUT2D eigenvalue weighted by molar-refractivity contribution is 5.90. The molecule has 0 aliphatic carbocycles. The number of nitrogens with zero attached hydrogens (tertiary/aromatic N) is 1. The Morgan fingerprint density at radius 1 is 0.889 bits per heavy atom. The first-order chi connectivity index (χ1) is 17.3. The fourth-order valence-corrected chi connectivity index (χ4v) is 4.00. The van der Waals surface area contributed by atoms with E-state index in [1.165, 1.54) is 7.11 Å². The molecule has 0 spiro atoms. The molecule has 0 aliphatic rings. The van der Waals surface area contributed by atoms with E-state index >= 15 is 0 Å². The molecule has 0 unspecified atom stereocenters. The second-order valence-electron chi connectivity index (χ2n) is 9.07. The van der Waals surface area contributed by atoms with Crippen LogP contribution in [-0.2, 0) is 19.1 Å². The number of benzene rings is 2. The van der Waals surface area contributed by atoms with Crippen LogP contribution in [0.1, 0.15) is 32.7 Å². The van der Waals surface area contributed by atoms with Crippen molar-refractivity contribution in [2.45, 2.75) is 38.8 Å².